The predicted molar refractivity (Wildman–Crippen MR) is 107 cm³/mol. The monoisotopic (exact) mass is 395 g/mol. The van der Waals surface area contributed by atoms with Crippen molar-refractivity contribution in [1.29, 1.82) is 0 Å². The van der Waals surface area contributed by atoms with Crippen molar-refractivity contribution in [3.8, 4) is 5.75 Å². The lowest BCUT2D eigenvalue weighted by atomic mass is 10.2. The molecular weight excluding hydrogens is 372 g/mol. The number of nitrogens with zero attached hydrogens (tertiary/aromatic N) is 2. The van der Waals surface area contributed by atoms with Crippen LogP contribution in [0.1, 0.15) is 25.3 Å². The molecule has 0 aliphatic heterocycles. The number of hydrazine groups is 1. The Balaban J connectivity index is 2.24. The van der Waals surface area contributed by atoms with Crippen LogP contribution in [-0.4, -0.2) is 17.8 Å². The minimum Gasteiger partial charge on any atom is -0.495 e. The molecule has 2 rings (SSSR count). The lowest BCUT2D eigenvalue weighted by Crippen LogP contribution is -2.28. The van der Waals surface area contributed by atoms with E-state index in [4.69, 9.17) is 16.3 Å². The highest BCUT2D eigenvalue weighted by Crippen LogP contribution is 2.30. The number of hydrogen-bond donors (Lipinski definition) is 3. The molecule has 0 spiro atoms. The van der Waals surface area contributed by atoms with Crippen LogP contribution in [0.3, 0.4) is 0 Å². The molecule has 0 radical (unpaired) electrons. The molecule has 6 nitrogen and oxygen atoms in total. The van der Waals surface area contributed by atoms with Gasteiger partial charge in [-0.3, -0.25) is 9.99 Å². The van der Waals surface area contributed by atoms with E-state index in [1.165, 1.54) is 43.7 Å². The molecule has 1 aromatic carbocycles. The van der Waals surface area contributed by atoms with Gasteiger partial charge in [0.1, 0.15) is 11.4 Å². The van der Waals surface area contributed by atoms with Crippen LogP contribution in [0, 0.1) is 11.6 Å². The summed E-state index contributed by atoms with van der Waals surface area (Å²) in [7, 11) is 1.50. The number of anilines is 2. The standard InChI is InChI=1S/C18H23F2N5OS/c1-3-4-7-27-24-16-6-5-14(19)18(17(16)20)25(22)11-15(21)12-8-13(26-2)10-23-9-12/h5-6,8-11,24H,3-4,7,21-22H2,1-2H3/b15-11-. The van der Waals surface area contributed by atoms with Crippen molar-refractivity contribution in [1.82, 2.24) is 4.98 Å². The SMILES string of the molecule is CCCCSNc1ccc(F)c(N(N)/C=C(\N)c2cncc(OC)c2)c1F. The van der Waals surface area contributed by atoms with Gasteiger partial charge in [0.25, 0.3) is 0 Å². The summed E-state index contributed by atoms with van der Waals surface area (Å²) in [5, 5.41) is 0.821. The van der Waals surface area contributed by atoms with Crippen LogP contribution in [0.15, 0.2) is 36.8 Å². The highest BCUT2D eigenvalue weighted by molar-refractivity contribution is 8.00. The molecule has 5 N–H and O–H groups in total. The van der Waals surface area contributed by atoms with Gasteiger partial charge in [-0.15, -0.1) is 0 Å². The van der Waals surface area contributed by atoms with Crippen LogP contribution < -0.4 is 26.0 Å². The molecule has 146 valence electrons. The number of halogens is 2. The van der Waals surface area contributed by atoms with Crippen molar-refractivity contribution in [2.24, 2.45) is 11.6 Å². The van der Waals surface area contributed by atoms with Gasteiger partial charge < -0.3 is 15.2 Å². The Morgan fingerprint density at radius 1 is 1.37 bits per heavy atom. The number of hydrogen-bond acceptors (Lipinski definition) is 7. The van der Waals surface area contributed by atoms with E-state index in [0.717, 1.165) is 29.7 Å². The van der Waals surface area contributed by atoms with Gasteiger partial charge >= 0.3 is 0 Å². The molecule has 2 aromatic rings. The van der Waals surface area contributed by atoms with E-state index in [9.17, 15) is 8.78 Å². The van der Waals surface area contributed by atoms with E-state index in [-0.39, 0.29) is 11.4 Å². The fraction of sp³-hybridized carbons (Fsp3) is 0.278. The van der Waals surface area contributed by atoms with Gasteiger partial charge in [0.15, 0.2) is 11.6 Å². The van der Waals surface area contributed by atoms with Gasteiger partial charge in [-0.05, 0) is 24.6 Å². The number of methoxy groups -OCH3 is 1. The largest absolute Gasteiger partial charge is 0.495 e. The Morgan fingerprint density at radius 3 is 2.85 bits per heavy atom. The smallest absolute Gasteiger partial charge is 0.175 e. The molecule has 0 saturated carbocycles. The third-order valence-electron chi connectivity index (χ3n) is 3.67. The van der Waals surface area contributed by atoms with E-state index < -0.39 is 17.3 Å². The van der Waals surface area contributed by atoms with Crippen molar-refractivity contribution in [3.63, 3.8) is 0 Å². The molecule has 0 amide bonds. The first-order valence-corrected chi connectivity index (χ1v) is 9.32. The number of rotatable bonds is 9. The van der Waals surface area contributed by atoms with Crippen molar-refractivity contribution in [2.75, 3.05) is 22.6 Å². The molecule has 1 heterocycles. The van der Waals surface area contributed by atoms with E-state index in [0.29, 0.717) is 11.3 Å². The average molecular weight is 395 g/mol. The van der Waals surface area contributed by atoms with Crippen LogP contribution in [0.4, 0.5) is 20.2 Å². The number of benzene rings is 1. The number of unbranched alkanes of at least 4 members (excludes halogenated alkanes) is 1. The molecule has 0 aliphatic carbocycles. The highest BCUT2D eigenvalue weighted by atomic mass is 32.2. The topological polar surface area (TPSA) is 89.4 Å². The zero-order valence-corrected chi connectivity index (χ0v) is 16.0. The van der Waals surface area contributed by atoms with Crippen LogP contribution >= 0.6 is 11.9 Å². The summed E-state index contributed by atoms with van der Waals surface area (Å²) in [6.07, 6.45) is 6.26. The van der Waals surface area contributed by atoms with Gasteiger partial charge in [0, 0.05) is 23.7 Å². The zero-order chi connectivity index (χ0) is 19.8. The van der Waals surface area contributed by atoms with Gasteiger partial charge in [0.05, 0.1) is 24.7 Å². The predicted octanol–water partition coefficient (Wildman–Crippen LogP) is 3.87. The van der Waals surface area contributed by atoms with E-state index in [2.05, 4.69) is 16.6 Å². The normalized spacial score (nSPS) is 11.4. The molecular formula is C18H23F2N5OS. The second-order valence-electron chi connectivity index (χ2n) is 5.67. The van der Waals surface area contributed by atoms with Gasteiger partial charge in [-0.2, -0.15) is 0 Å². The third-order valence-corrected chi connectivity index (χ3v) is 4.52. The maximum Gasteiger partial charge on any atom is 0.175 e. The first-order chi connectivity index (χ1) is 13.0. The highest BCUT2D eigenvalue weighted by Gasteiger charge is 2.18. The van der Waals surface area contributed by atoms with Gasteiger partial charge in [-0.25, -0.2) is 14.6 Å². The first-order valence-electron chi connectivity index (χ1n) is 8.34. The van der Waals surface area contributed by atoms with E-state index in [1.807, 2.05) is 0 Å². The molecule has 0 aliphatic rings. The maximum atomic E-state index is 14.7. The number of nitrogens with two attached hydrogens (primary N) is 2. The summed E-state index contributed by atoms with van der Waals surface area (Å²) >= 11 is 1.35. The Hall–Kier alpha value is -2.52. The van der Waals surface area contributed by atoms with E-state index in [1.54, 1.807) is 6.07 Å². The second kappa shape index (κ2) is 9.98. The molecule has 0 bridgehead atoms. The van der Waals surface area contributed by atoms with Crippen molar-refractivity contribution in [2.45, 2.75) is 19.8 Å². The third kappa shape index (κ3) is 5.48. The number of aromatic nitrogens is 1. The average Bonchev–Trinajstić information content (AvgIpc) is 2.66. The summed E-state index contributed by atoms with van der Waals surface area (Å²) in [5.41, 5.74) is 6.42. The molecule has 9 heteroatoms. The fourth-order valence-electron chi connectivity index (χ4n) is 2.18. The maximum absolute atomic E-state index is 14.7. The van der Waals surface area contributed by atoms with Crippen molar-refractivity contribution >= 4 is 29.0 Å². The molecule has 0 atom stereocenters. The number of ether oxygens (including phenoxy) is 1. The van der Waals surface area contributed by atoms with Crippen LogP contribution in [0.5, 0.6) is 5.75 Å². The summed E-state index contributed by atoms with van der Waals surface area (Å²) in [5.74, 6) is 5.58. The fourth-order valence-corrected chi connectivity index (χ4v) is 3.03. The molecule has 0 unspecified atom stereocenters. The first kappa shape index (κ1) is 20.8. The second-order valence-corrected chi connectivity index (χ2v) is 6.57. The Bertz CT molecular complexity index is 803. The van der Waals surface area contributed by atoms with Crippen LogP contribution in [0.25, 0.3) is 5.70 Å². The van der Waals surface area contributed by atoms with Gasteiger partial charge in [-0.1, -0.05) is 25.3 Å². The van der Waals surface area contributed by atoms with Crippen LogP contribution in [-0.2, 0) is 0 Å². The Labute approximate surface area is 161 Å². The van der Waals surface area contributed by atoms with Crippen LogP contribution in [0.2, 0.25) is 0 Å². The quantitative estimate of drug-likeness (QED) is 0.257. The summed E-state index contributed by atoms with van der Waals surface area (Å²) < 4.78 is 36.9. The van der Waals surface area contributed by atoms with Crippen molar-refractivity contribution in [3.05, 3.63) is 54.0 Å². The van der Waals surface area contributed by atoms with E-state index >= 15 is 0 Å². The molecule has 0 saturated heterocycles. The molecule has 1 aromatic heterocycles. The lowest BCUT2D eigenvalue weighted by Gasteiger charge is -2.19. The van der Waals surface area contributed by atoms with Crippen molar-refractivity contribution < 1.29 is 13.5 Å². The lowest BCUT2D eigenvalue weighted by molar-refractivity contribution is 0.412. The molecule has 0 fully saturated rings. The molecule has 27 heavy (non-hydrogen) atoms. The summed E-state index contributed by atoms with van der Waals surface area (Å²) in [6.45, 7) is 2.07. The Kier molecular flexibility index (Phi) is 7.68. The minimum absolute atomic E-state index is 0.151. The zero-order valence-electron chi connectivity index (χ0n) is 15.2. The summed E-state index contributed by atoms with van der Waals surface area (Å²) in [6, 6.07) is 4.12. The Morgan fingerprint density at radius 2 is 2.15 bits per heavy atom. The summed E-state index contributed by atoms with van der Waals surface area (Å²) in [4.78, 5) is 3.99. The number of pyridine rings is 1. The van der Waals surface area contributed by atoms with Gasteiger partial charge in [0.2, 0.25) is 0 Å². The number of nitrogens with one attached hydrogen (secondary N) is 1. The minimum atomic E-state index is -0.799.